The maximum Gasteiger partial charge on any atom is 0.270 e. The molecule has 0 saturated carbocycles. The lowest BCUT2D eigenvalue weighted by Crippen LogP contribution is -2.34. The van der Waals surface area contributed by atoms with Gasteiger partial charge in [-0.2, -0.15) is 11.8 Å². The van der Waals surface area contributed by atoms with Gasteiger partial charge in [-0.15, -0.1) is 0 Å². The van der Waals surface area contributed by atoms with E-state index in [9.17, 15) is 10.1 Å². The van der Waals surface area contributed by atoms with E-state index >= 15 is 0 Å². The molecule has 1 aromatic carbocycles. The number of thioether (sulfide) groups is 1. The Morgan fingerprint density at radius 1 is 1.56 bits per heavy atom. The van der Waals surface area contributed by atoms with E-state index in [2.05, 4.69) is 15.9 Å². The van der Waals surface area contributed by atoms with E-state index < -0.39 is 0 Å². The van der Waals surface area contributed by atoms with E-state index in [1.807, 2.05) is 17.8 Å². The number of nitro benzene ring substituents is 1. The summed E-state index contributed by atoms with van der Waals surface area (Å²) in [6.07, 6.45) is 3.19. The van der Waals surface area contributed by atoms with Crippen molar-refractivity contribution in [1.82, 2.24) is 0 Å². The smallest absolute Gasteiger partial charge is 0.270 e. The van der Waals surface area contributed by atoms with Crippen LogP contribution in [0.4, 0.5) is 5.69 Å². The lowest BCUT2D eigenvalue weighted by Gasteiger charge is -2.26. The Kier molecular flexibility index (Phi) is 4.29. The third-order valence-corrected chi connectivity index (χ3v) is 5.68. The van der Waals surface area contributed by atoms with Crippen molar-refractivity contribution >= 4 is 33.4 Å². The summed E-state index contributed by atoms with van der Waals surface area (Å²) >= 11 is 5.35. The molecule has 1 atom stereocenters. The van der Waals surface area contributed by atoms with Crippen LogP contribution in [0.15, 0.2) is 22.7 Å². The molecule has 1 aliphatic heterocycles. The van der Waals surface area contributed by atoms with Gasteiger partial charge >= 0.3 is 0 Å². The molecule has 0 aliphatic carbocycles. The fourth-order valence-corrected chi connectivity index (χ4v) is 4.16. The van der Waals surface area contributed by atoms with Crippen LogP contribution >= 0.6 is 27.7 Å². The fraction of sp³-hybridized carbons (Fsp3) is 0.500. The summed E-state index contributed by atoms with van der Waals surface area (Å²) in [5, 5.41) is 10.7. The lowest BCUT2D eigenvalue weighted by molar-refractivity contribution is -0.384. The molecule has 0 amide bonds. The van der Waals surface area contributed by atoms with Crippen LogP contribution in [0.5, 0.6) is 0 Å². The average molecular weight is 331 g/mol. The zero-order chi connectivity index (χ0) is 13.2. The van der Waals surface area contributed by atoms with Gasteiger partial charge in [-0.25, -0.2) is 0 Å². The van der Waals surface area contributed by atoms with Gasteiger partial charge in [-0.1, -0.05) is 22.0 Å². The van der Waals surface area contributed by atoms with Crippen molar-refractivity contribution in [3.05, 3.63) is 38.3 Å². The second kappa shape index (κ2) is 5.59. The molecular weight excluding hydrogens is 316 g/mol. The van der Waals surface area contributed by atoms with Gasteiger partial charge in [0.05, 0.1) is 4.92 Å². The summed E-state index contributed by atoms with van der Waals surface area (Å²) < 4.78 is 0.913. The molecule has 1 saturated heterocycles. The Labute approximate surface area is 119 Å². The van der Waals surface area contributed by atoms with Gasteiger partial charge in [0, 0.05) is 27.9 Å². The molecule has 1 aliphatic rings. The van der Waals surface area contributed by atoms with Crippen LogP contribution < -0.4 is 5.73 Å². The molecule has 98 valence electrons. The summed E-state index contributed by atoms with van der Waals surface area (Å²) in [5.41, 5.74) is 7.12. The minimum absolute atomic E-state index is 0.110. The average Bonchev–Trinajstić information content (AvgIpc) is 2.81. The highest BCUT2D eigenvalue weighted by molar-refractivity contribution is 9.10. The molecule has 2 N–H and O–H groups in total. The van der Waals surface area contributed by atoms with Gasteiger partial charge in [0.15, 0.2) is 0 Å². The van der Waals surface area contributed by atoms with E-state index in [0.29, 0.717) is 6.54 Å². The van der Waals surface area contributed by atoms with E-state index in [1.165, 1.54) is 6.42 Å². The SMILES string of the molecule is NCC1(Cc2ccc([N+](=O)[O-])cc2Br)CCCS1. The van der Waals surface area contributed by atoms with E-state index in [1.54, 1.807) is 12.1 Å². The number of non-ortho nitro benzene ring substituents is 1. The molecule has 18 heavy (non-hydrogen) atoms. The van der Waals surface area contributed by atoms with Gasteiger partial charge in [0.2, 0.25) is 0 Å². The second-order valence-corrected chi connectivity index (χ2v) is 6.97. The summed E-state index contributed by atoms with van der Waals surface area (Å²) in [6.45, 7) is 0.654. The number of nitrogens with two attached hydrogens (primary N) is 1. The summed E-state index contributed by atoms with van der Waals surface area (Å²) in [4.78, 5) is 10.3. The van der Waals surface area contributed by atoms with Crippen LogP contribution in [-0.4, -0.2) is 22.0 Å². The number of halogens is 1. The number of nitrogens with zero attached hydrogens (tertiary/aromatic N) is 1. The Bertz CT molecular complexity index is 461. The monoisotopic (exact) mass is 330 g/mol. The zero-order valence-corrected chi connectivity index (χ0v) is 12.3. The number of hydrogen-bond acceptors (Lipinski definition) is 4. The predicted molar refractivity (Wildman–Crippen MR) is 78.0 cm³/mol. The van der Waals surface area contributed by atoms with E-state index in [-0.39, 0.29) is 15.4 Å². The first-order valence-electron chi connectivity index (χ1n) is 5.83. The summed E-state index contributed by atoms with van der Waals surface area (Å²) in [5.74, 6) is 1.15. The molecule has 2 rings (SSSR count). The number of rotatable bonds is 4. The third kappa shape index (κ3) is 2.87. The molecule has 1 unspecified atom stereocenters. The molecule has 1 fully saturated rings. The molecule has 1 heterocycles. The van der Waals surface area contributed by atoms with Crippen LogP contribution in [0.3, 0.4) is 0 Å². The van der Waals surface area contributed by atoms with Crippen LogP contribution in [0, 0.1) is 10.1 Å². The molecule has 6 heteroatoms. The highest BCUT2D eigenvalue weighted by Crippen LogP contribution is 2.41. The Morgan fingerprint density at radius 3 is 2.83 bits per heavy atom. The Morgan fingerprint density at radius 2 is 2.33 bits per heavy atom. The summed E-state index contributed by atoms with van der Waals surface area (Å²) in [7, 11) is 0. The van der Waals surface area contributed by atoms with Crippen LogP contribution in [0.2, 0.25) is 0 Å². The standard InChI is InChI=1S/C12H15BrN2O2S/c13-11-6-10(15(16)17)3-2-9(11)7-12(8-14)4-1-5-18-12/h2-3,6H,1,4-5,7-8,14H2. The van der Waals surface area contributed by atoms with Crippen LogP contribution in [-0.2, 0) is 6.42 Å². The first kappa shape index (κ1) is 13.8. The highest BCUT2D eigenvalue weighted by Gasteiger charge is 2.34. The Balaban J connectivity index is 2.21. The lowest BCUT2D eigenvalue weighted by atomic mass is 9.94. The molecule has 0 bridgehead atoms. The van der Waals surface area contributed by atoms with E-state index in [0.717, 1.165) is 28.6 Å². The molecule has 0 radical (unpaired) electrons. The molecule has 4 nitrogen and oxygen atoms in total. The minimum atomic E-state index is -0.377. The van der Waals surface area contributed by atoms with Crippen molar-refractivity contribution in [2.24, 2.45) is 5.73 Å². The quantitative estimate of drug-likeness (QED) is 0.680. The van der Waals surface area contributed by atoms with Crippen LogP contribution in [0.25, 0.3) is 0 Å². The molecule has 1 aromatic rings. The number of benzene rings is 1. The highest BCUT2D eigenvalue weighted by atomic mass is 79.9. The maximum atomic E-state index is 10.7. The van der Waals surface area contributed by atoms with Gasteiger partial charge in [-0.3, -0.25) is 10.1 Å². The van der Waals surface area contributed by atoms with Crippen molar-refractivity contribution in [2.45, 2.75) is 24.0 Å². The van der Waals surface area contributed by atoms with Gasteiger partial charge in [0.1, 0.15) is 0 Å². The molecule has 0 aromatic heterocycles. The Hall–Kier alpha value is -0.590. The number of nitro groups is 1. The van der Waals surface area contributed by atoms with Crippen molar-refractivity contribution in [2.75, 3.05) is 12.3 Å². The maximum absolute atomic E-state index is 10.7. The normalized spacial score (nSPS) is 23.2. The van der Waals surface area contributed by atoms with Gasteiger partial charge in [-0.05, 0) is 30.6 Å². The van der Waals surface area contributed by atoms with Crippen LogP contribution in [0.1, 0.15) is 18.4 Å². The minimum Gasteiger partial charge on any atom is -0.329 e. The number of hydrogen-bond donors (Lipinski definition) is 1. The van der Waals surface area contributed by atoms with Crippen molar-refractivity contribution in [3.63, 3.8) is 0 Å². The zero-order valence-electron chi connectivity index (χ0n) is 9.89. The molecule has 0 spiro atoms. The van der Waals surface area contributed by atoms with Crippen molar-refractivity contribution in [1.29, 1.82) is 0 Å². The second-order valence-electron chi connectivity index (χ2n) is 4.55. The van der Waals surface area contributed by atoms with Crippen molar-refractivity contribution in [3.8, 4) is 0 Å². The largest absolute Gasteiger partial charge is 0.329 e. The first-order chi connectivity index (χ1) is 8.56. The summed E-state index contributed by atoms with van der Waals surface area (Å²) in [6, 6.07) is 4.96. The molecular formula is C12H15BrN2O2S. The topological polar surface area (TPSA) is 69.2 Å². The van der Waals surface area contributed by atoms with Gasteiger partial charge < -0.3 is 5.73 Å². The first-order valence-corrected chi connectivity index (χ1v) is 7.61. The third-order valence-electron chi connectivity index (χ3n) is 3.32. The van der Waals surface area contributed by atoms with Gasteiger partial charge in [0.25, 0.3) is 5.69 Å². The van der Waals surface area contributed by atoms with E-state index in [4.69, 9.17) is 5.73 Å². The fourth-order valence-electron chi connectivity index (χ4n) is 2.27. The predicted octanol–water partition coefficient (Wildman–Crippen LogP) is 3.12. The van der Waals surface area contributed by atoms with Crippen molar-refractivity contribution < 1.29 is 4.92 Å².